The van der Waals surface area contributed by atoms with Crippen molar-refractivity contribution in [2.45, 2.75) is 27.3 Å². The van der Waals surface area contributed by atoms with Gasteiger partial charge in [0.1, 0.15) is 11.4 Å². The standard InChI is InChI=1S/C16H21N3O2/c1-10(2)8-19-9-13(16(17)20)15(18-19)12-7-11(3)5-6-14(12)21-4/h5-7,9-10H,8H2,1-4H3,(H2,17,20). The Morgan fingerprint density at radius 2 is 2.14 bits per heavy atom. The highest BCUT2D eigenvalue weighted by molar-refractivity contribution is 5.99. The smallest absolute Gasteiger partial charge is 0.252 e. The molecule has 0 saturated heterocycles. The molecule has 2 N–H and O–H groups in total. The first kappa shape index (κ1) is 15.1. The van der Waals surface area contributed by atoms with Crippen molar-refractivity contribution in [1.82, 2.24) is 9.78 Å². The van der Waals surface area contributed by atoms with Crippen LogP contribution in [-0.4, -0.2) is 22.8 Å². The van der Waals surface area contributed by atoms with E-state index in [0.717, 1.165) is 17.7 Å². The minimum atomic E-state index is -0.483. The maximum absolute atomic E-state index is 11.7. The SMILES string of the molecule is COc1ccc(C)cc1-c1nn(CC(C)C)cc1C(N)=O. The van der Waals surface area contributed by atoms with Crippen molar-refractivity contribution in [3.05, 3.63) is 35.5 Å². The van der Waals surface area contributed by atoms with Crippen LogP contribution >= 0.6 is 0 Å². The van der Waals surface area contributed by atoms with Gasteiger partial charge in [0.15, 0.2) is 0 Å². The fraction of sp³-hybridized carbons (Fsp3) is 0.375. The van der Waals surface area contributed by atoms with Crippen molar-refractivity contribution >= 4 is 5.91 Å². The lowest BCUT2D eigenvalue weighted by atomic mass is 10.0. The lowest BCUT2D eigenvalue weighted by Crippen LogP contribution is -2.11. The summed E-state index contributed by atoms with van der Waals surface area (Å²) < 4.78 is 7.14. The highest BCUT2D eigenvalue weighted by Gasteiger charge is 2.19. The zero-order valence-electron chi connectivity index (χ0n) is 12.9. The zero-order valence-corrected chi connectivity index (χ0v) is 12.9. The van der Waals surface area contributed by atoms with Crippen LogP contribution in [0.2, 0.25) is 0 Å². The molecular formula is C16H21N3O2. The summed E-state index contributed by atoms with van der Waals surface area (Å²) in [6, 6.07) is 5.78. The minimum Gasteiger partial charge on any atom is -0.496 e. The molecule has 112 valence electrons. The first-order chi connectivity index (χ1) is 9.92. The van der Waals surface area contributed by atoms with Crippen molar-refractivity contribution in [1.29, 1.82) is 0 Å². The van der Waals surface area contributed by atoms with E-state index in [-0.39, 0.29) is 0 Å². The van der Waals surface area contributed by atoms with Gasteiger partial charge in [0, 0.05) is 18.3 Å². The molecule has 0 fully saturated rings. The second-order valence-electron chi connectivity index (χ2n) is 5.58. The molecule has 0 aliphatic carbocycles. The Bertz CT molecular complexity index is 660. The average Bonchev–Trinajstić information content (AvgIpc) is 2.81. The molecule has 2 aromatic rings. The minimum absolute atomic E-state index is 0.416. The summed E-state index contributed by atoms with van der Waals surface area (Å²) in [5.41, 5.74) is 8.34. The lowest BCUT2D eigenvalue weighted by molar-refractivity contribution is 0.100. The van der Waals surface area contributed by atoms with E-state index in [9.17, 15) is 4.79 Å². The second-order valence-corrected chi connectivity index (χ2v) is 5.58. The van der Waals surface area contributed by atoms with Gasteiger partial charge in [-0.05, 0) is 25.0 Å². The summed E-state index contributed by atoms with van der Waals surface area (Å²) in [6.07, 6.45) is 1.71. The lowest BCUT2D eigenvalue weighted by Gasteiger charge is -2.08. The number of amides is 1. The van der Waals surface area contributed by atoms with Crippen LogP contribution in [0.15, 0.2) is 24.4 Å². The number of carbonyl (C=O) groups excluding carboxylic acids is 1. The molecule has 0 spiro atoms. The van der Waals surface area contributed by atoms with E-state index in [1.54, 1.807) is 18.0 Å². The molecule has 0 saturated carbocycles. The fourth-order valence-corrected chi connectivity index (χ4v) is 2.28. The second kappa shape index (κ2) is 5.99. The number of hydrogen-bond acceptors (Lipinski definition) is 3. The normalized spacial score (nSPS) is 10.9. The molecule has 5 nitrogen and oxygen atoms in total. The van der Waals surface area contributed by atoms with Gasteiger partial charge in [-0.15, -0.1) is 0 Å². The first-order valence-electron chi connectivity index (χ1n) is 6.94. The fourth-order valence-electron chi connectivity index (χ4n) is 2.28. The first-order valence-corrected chi connectivity index (χ1v) is 6.94. The van der Waals surface area contributed by atoms with E-state index in [1.165, 1.54) is 0 Å². The van der Waals surface area contributed by atoms with Gasteiger partial charge in [-0.2, -0.15) is 5.10 Å². The predicted octanol–water partition coefficient (Wildman–Crippen LogP) is 2.62. The van der Waals surface area contributed by atoms with Crippen molar-refractivity contribution in [3.8, 4) is 17.0 Å². The molecule has 0 atom stereocenters. The van der Waals surface area contributed by atoms with Gasteiger partial charge < -0.3 is 10.5 Å². The molecule has 0 bridgehead atoms. The van der Waals surface area contributed by atoms with Gasteiger partial charge in [0.05, 0.1) is 12.7 Å². The Hall–Kier alpha value is -2.30. The van der Waals surface area contributed by atoms with Crippen molar-refractivity contribution in [2.24, 2.45) is 11.7 Å². The Kier molecular flexibility index (Phi) is 4.31. The quantitative estimate of drug-likeness (QED) is 0.919. The number of methoxy groups -OCH3 is 1. The molecule has 2 rings (SSSR count). The number of aromatic nitrogens is 2. The molecule has 0 aliphatic rings. The Morgan fingerprint density at radius 3 is 2.71 bits per heavy atom. The molecule has 1 aromatic heterocycles. The molecular weight excluding hydrogens is 266 g/mol. The summed E-state index contributed by atoms with van der Waals surface area (Å²) in [6.45, 7) is 6.91. The predicted molar refractivity (Wildman–Crippen MR) is 82.3 cm³/mol. The van der Waals surface area contributed by atoms with Gasteiger partial charge in [0.25, 0.3) is 5.91 Å². The number of rotatable bonds is 5. The maximum Gasteiger partial charge on any atom is 0.252 e. The van der Waals surface area contributed by atoms with E-state index in [1.807, 2.05) is 25.1 Å². The number of ether oxygens (including phenoxy) is 1. The number of primary amides is 1. The number of hydrogen-bond donors (Lipinski definition) is 1. The highest BCUT2D eigenvalue weighted by atomic mass is 16.5. The van der Waals surface area contributed by atoms with Crippen molar-refractivity contribution < 1.29 is 9.53 Å². The number of carbonyl (C=O) groups is 1. The van der Waals surface area contributed by atoms with Crippen LogP contribution in [0.3, 0.4) is 0 Å². The summed E-state index contributed by atoms with van der Waals surface area (Å²) in [5, 5.41) is 4.53. The number of nitrogens with two attached hydrogens (primary N) is 1. The zero-order chi connectivity index (χ0) is 15.6. The molecule has 1 amide bonds. The molecule has 0 radical (unpaired) electrons. The van der Waals surface area contributed by atoms with E-state index < -0.39 is 5.91 Å². The van der Waals surface area contributed by atoms with E-state index >= 15 is 0 Å². The van der Waals surface area contributed by atoms with Crippen LogP contribution < -0.4 is 10.5 Å². The number of aryl methyl sites for hydroxylation is 1. The third-order valence-electron chi connectivity index (χ3n) is 3.19. The van der Waals surface area contributed by atoms with Crippen LogP contribution in [0.4, 0.5) is 0 Å². The van der Waals surface area contributed by atoms with Gasteiger partial charge in [-0.25, -0.2) is 0 Å². The van der Waals surface area contributed by atoms with Gasteiger partial charge in [-0.1, -0.05) is 25.5 Å². The number of nitrogens with zero attached hydrogens (tertiary/aromatic N) is 2. The summed E-state index contributed by atoms with van der Waals surface area (Å²) in [5.74, 6) is 0.624. The molecule has 21 heavy (non-hydrogen) atoms. The number of benzene rings is 1. The van der Waals surface area contributed by atoms with Crippen LogP contribution in [-0.2, 0) is 6.54 Å². The Labute approximate surface area is 124 Å². The molecule has 5 heteroatoms. The largest absolute Gasteiger partial charge is 0.496 e. The van der Waals surface area contributed by atoms with E-state index in [4.69, 9.17) is 10.5 Å². The monoisotopic (exact) mass is 287 g/mol. The van der Waals surface area contributed by atoms with Crippen molar-refractivity contribution in [3.63, 3.8) is 0 Å². The summed E-state index contributed by atoms with van der Waals surface area (Å²) in [7, 11) is 1.60. The highest BCUT2D eigenvalue weighted by Crippen LogP contribution is 2.32. The molecule has 0 unspecified atom stereocenters. The van der Waals surface area contributed by atoms with Gasteiger partial charge in [-0.3, -0.25) is 9.48 Å². The molecule has 0 aliphatic heterocycles. The third-order valence-corrected chi connectivity index (χ3v) is 3.19. The summed E-state index contributed by atoms with van der Waals surface area (Å²) >= 11 is 0. The topological polar surface area (TPSA) is 70.1 Å². The Balaban J connectivity index is 2.59. The third kappa shape index (κ3) is 3.24. The van der Waals surface area contributed by atoms with Crippen LogP contribution in [0, 0.1) is 12.8 Å². The van der Waals surface area contributed by atoms with Crippen LogP contribution in [0.1, 0.15) is 29.8 Å². The average molecular weight is 287 g/mol. The van der Waals surface area contributed by atoms with E-state index in [2.05, 4.69) is 18.9 Å². The van der Waals surface area contributed by atoms with Crippen LogP contribution in [0.5, 0.6) is 5.75 Å². The Morgan fingerprint density at radius 1 is 1.43 bits per heavy atom. The van der Waals surface area contributed by atoms with Gasteiger partial charge in [0.2, 0.25) is 0 Å². The van der Waals surface area contributed by atoms with Crippen molar-refractivity contribution in [2.75, 3.05) is 7.11 Å². The molecule has 1 heterocycles. The maximum atomic E-state index is 11.7. The summed E-state index contributed by atoms with van der Waals surface area (Å²) in [4.78, 5) is 11.7. The van der Waals surface area contributed by atoms with Crippen LogP contribution in [0.25, 0.3) is 11.3 Å². The van der Waals surface area contributed by atoms with E-state index in [0.29, 0.717) is 22.9 Å². The molecule has 1 aromatic carbocycles. The van der Waals surface area contributed by atoms with Gasteiger partial charge >= 0.3 is 0 Å².